The second kappa shape index (κ2) is 8.05. The van der Waals surface area contributed by atoms with Crippen molar-refractivity contribution < 1.29 is 14.3 Å². The van der Waals surface area contributed by atoms with E-state index in [-0.39, 0.29) is 12.7 Å². The number of benzene rings is 2. The fourth-order valence-corrected chi connectivity index (χ4v) is 2.82. The van der Waals surface area contributed by atoms with E-state index in [9.17, 15) is 4.79 Å². The van der Waals surface area contributed by atoms with Crippen LogP contribution in [0.4, 0.5) is 17.3 Å². The molecule has 8 heteroatoms. The summed E-state index contributed by atoms with van der Waals surface area (Å²) in [5.41, 5.74) is 3.28. The van der Waals surface area contributed by atoms with Crippen LogP contribution < -0.4 is 25.0 Å². The van der Waals surface area contributed by atoms with Crippen molar-refractivity contribution in [2.75, 3.05) is 31.1 Å². The van der Waals surface area contributed by atoms with Gasteiger partial charge in [-0.25, -0.2) is 9.97 Å². The van der Waals surface area contributed by atoms with E-state index < -0.39 is 0 Å². The van der Waals surface area contributed by atoms with E-state index in [0.717, 1.165) is 16.9 Å². The molecule has 2 N–H and O–H groups in total. The molecule has 4 rings (SSSR count). The molecule has 0 unspecified atom stereocenters. The lowest BCUT2D eigenvalue weighted by molar-refractivity contribution is 0.0950. The zero-order valence-electron chi connectivity index (χ0n) is 16.2. The number of hydrogen-bond donors (Lipinski definition) is 2. The molecule has 0 spiro atoms. The Labute approximate surface area is 168 Å². The van der Waals surface area contributed by atoms with Crippen molar-refractivity contribution in [3.8, 4) is 11.5 Å². The second-order valence-corrected chi connectivity index (χ2v) is 6.73. The average Bonchev–Trinajstić information content (AvgIpc) is 3.21. The number of ether oxygens (including phenoxy) is 2. The summed E-state index contributed by atoms with van der Waals surface area (Å²) in [6.45, 7) is 0.594. The Morgan fingerprint density at radius 2 is 1.76 bits per heavy atom. The molecule has 1 aliphatic heterocycles. The summed E-state index contributed by atoms with van der Waals surface area (Å²) in [6, 6.07) is 13.5. The Bertz CT molecular complexity index is 1000. The molecule has 2 aromatic carbocycles. The maximum atomic E-state index is 12.4. The summed E-state index contributed by atoms with van der Waals surface area (Å²) in [4.78, 5) is 22.8. The number of nitrogens with one attached hydrogen (secondary N) is 2. The smallest absolute Gasteiger partial charge is 0.254 e. The minimum atomic E-state index is -0.246. The maximum Gasteiger partial charge on any atom is 0.254 e. The number of carbonyl (C=O) groups is 1. The molecule has 0 saturated carbocycles. The Balaban J connectivity index is 1.34. The van der Waals surface area contributed by atoms with Crippen LogP contribution in [0.5, 0.6) is 11.5 Å². The number of nitrogens with zero attached hydrogens (tertiary/aromatic N) is 3. The molecule has 148 valence electrons. The van der Waals surface area contributed by atoms with Gasteiger partial charge in [0.15, 0.2) is 11.5 Å². The van der Waals surface area contributed by atoms with Gasteiger partial charge >= 0.3 is 0 Å². The summed E-state index contributed by atoms with van der Waals surface area (Å²) in [5, 5.41) is 5.97. The highest BCUT2D eigenvalue weighted by molar-refractivity contribution is 5.93. The van der Waals surface area contributed by atoms with Crippen molar-refractivity contribution in [1.29, 1.82) is 0 Å². The van der Waals surface area contributed by atoms with Crippen molar-refractivity contribution in [3.63, 3.8) is 0 Å². The van der Waals surface area contributed by atoms with Crippen LogP contribution in [0.2, 0.25) is 0 Å². The molecule has 0 aliphatic carbocycles. The Hall–Kier alpha value is -3.81. The number of fused-ring (bicyclic) bond motifs is 1. The van der Waals surface area contributed by atoms with Gasteiger partial charge < -0.3 is 25.0 Å². The Morgan fingerprint density at radius 1 is 1.03 bits per heavy atom. The van der Waals surface area contributed by atoms with Crippen LogP contribution in [0, 0.1) is 0 Å². The lowest BCUT2D eigenvalue weighted by atomic mass is 10.2. The van der Waals surface area contributed by atoms with E-state index in [1.165, 1.54) is 12.4 Å². The van der Waals surface area contributed by atoms with Crippen molar-refractivity contribution in [2.24, 2.45) is 0 Å². The van der Waals surface area contributed by atoms with Crippen molar-refractivity contribution >= 4 is 23.2 Å². The summed E-state index contributed by atoms with van der Waals surface area (Å²) < 4.78 is 10.6. The lowest BCUT2D eigenvalue weighted by Crippen LogP contribution is -2.23. The molecule has 1 aromatic heterocycles. The van der Waals surface area contributed by atoms with Crippen LogP contribution in [-0.4, -0.2) is 36.8 Å². The zero-order valence-corrected chi connectivity index (χ0v) is 16.2. The molecule has 8 nitrogen and oxygen atoms in total. The molecule has 2 heterocycles. The molecule has 0 bridgehead atoms. The topological polar surface area (TPSA) is 88.6 Å². The molecular formula is C21H21N5O3. The highest BCUT2D eigenvalue weighted by Crippen LogP contribution is 2.32. The van der Waals surface area contributed by atoms with Crippen LogP contribution in [0.25, 0.3) is 0 Å². The normalized spacial score (nSPS) is 11.8. The first-order valence-corrected chi connectivity index (χ1v) is 9.12. The fraction of sp³-hybridized carbons (Fsp3) is 0.190. The van der Waals surface area contributed by atoms with E-state index >= 15 is 0 Å². The minimum Gasteiger partial charge on any atom is -0.454 e. The highest BCUT2D eigenvalue weighted by atomic mass is 16.7. The molecule has 0 saturated heterocycles. The summed E-state index contributed by atoms with van der Waals surface area (Å²) in [6.07, 6.45) is 3.00. The van der Waals surface area contributed by atoms with Gasteiger partial charge in [-0.2, -0.15) is 0 Å². The number of aromatic nitrogens is 2. The average molecular weight is 391 g/mol. The monoisotopic (exact) mass is 391 g/mol. The third-order valence-corrected chi connectivity index (χ3v) is 4.44. The van der Waals surface area contributed by atoms with Gasteiger partial charge in [-0.15, -0.1) is 0 Å². The first-order chi connectivity index (χ1) is 14.1. The summed E-state index contributed by atoms with van der Waals surface area (Å²) >= 11 is 0. The predicted octanol–water partition coefficient (Wildman–Crippen LogP) is 2.94. The third kappa shape index (κ3) is 4.37. The second-order valence-electron chi connectivity index (χ2n) is 6.73. The first-order valence-electron chi connectivity index (χ1n) is 9.12. The van der Waals surface area contributed by atoms with Gasteiger partial charge in [-0.05, 0) is 42.0 Å². The van der Waals surface area contributed by atoms with Crippen molar-refractivity contribution in [2.45, 2.75) is 6.54 Å². The van der Waals surface area contributed by atoms with E-state index in [1.54, 1.807) is 0 Å². The lowest BCUT2D eigenvalue weighted by Gasteiger charge is -2.13. The van der Waals surface area contributed by atoms with Crippen LogP contribution >= 0.6 is 0 Å². The van der Waals surface area contributed by atoms with Crippen LogP contribution in [0.15, 0.2) is 54.9 Å². The van der Waals surface area contributed by atoms with E-state index in [0.29, 0.717) is 29.6 Å². The van der Waals surface area contributed by atoms with Gasteiger partial charge in [0.05, 0.1) is 5.56 Å². The Morgan fingerprint density at radius 3 is 2.48 bits per heavy atom. The quantitative estimate of drug-likeness (QED) is 0.668. The molecule has 0 atom stereocenters. The van der Waals surface area contributed by atoms with E-state index in [4.69, 9.17) is 9.47 Å². The van der Waals surface area contributed by atoms with Crippen LogP contribution in [0.1, 0.15) is 15.9 Å². The van der Waals surface area contributed by atoms with Crippen molar-refractivity contribution in [3.05, 3.63) is 66.0 Å². The van der Waals surface area contributed by atoms with Gasteiger partial charge in [0.1, 0.15) is 0 Å². The summed E-state index contributed by atoms with van der Waals surface area (Å²) in [5.74, 6) is 1.58. The third-order valence-electron chi connectivity index (χ3n) is 4.44. The maximum absolute atomic E-state index is 12.4. The van der Waals surface area contributed by atoms with Crippen LogP contribution in [0.3, 0.4) is 0 Å². The zero-order chi connectivity index (χ0) is 20.2. The molecule has 3 aromatic rings. The van der Waals surface area contributed by atoms with Gasteiger partial charge in [0, 0.05) is 44.4 Å². The van der Waals surface area contributed by atoms with Gasteiger partial charge in [0.25, 0.3) is 5.91 Å². The molecule has 0 radical (unpaired) electrons. The van der Waals surface area contributed by atoms with Gasteiger partial charge in [-0.3, -0.25) is 4.79 Å². The van der Waals surface area contributed by atoms with Gasteiger partial charge in [0.2, 0.25) is 12.7 Å². The van der Waals surface area contributed by atoms with E-state index in [2.05, 4.69) is 20.6 Å². The predicted molar refractivity (Wildman–Crippen MR) is 110 cm³/mol. The largest absolute Gasteiger partial charge is 0.454 e. The van der Waals surface area contributed by atoms with E-state index in [1.807, 2.05) is 61.5 Å². The highest BCUT2D eigenvalue weighted by Gasteiger charge is 2.14. The molecule has 0 fully saturated rings. The fourth-order valence-electron chi connectivity index (χ4n) is 2.82. The number of carbonyl (C=O) groups excluding carboxylic acids is 1. The van der Waals surface area contributed by atoms with Crippen molar-refractivity contribution in [1.82, 2.24) is 15.3 Å². The number of hydrogen-bond acceptors (Lipinski definition) is 7. The molecular weight excluding hydrogens is 370 g/mol. The number of rotatable bonds is 6. The van der Waals surface area contributed by atoms with Crippen LogP contribution in [-0.2, 0) is 6.54 Å². The summed E-state index contributed by atoms with van der Waals surface area (Å²) in [7, 11) is 3.98. The molecule has 1 amide bonds. The Kier molecular flexibility index (Phi) is 5.15. The van der Waals surface area contributed by atoms with Gasteiger partial charge in [-0.1, -0.05) is 6.07 Å². The minimum absolute atomic E-state index is 0.225. The SMILES string of the molecule is CN(C)c1ccc(Nc2ncc(C(=O)NCc3ccc4c(c3)OCO4)cn2)cc1. The standard InChI is InChI=1S/C21H21N5O3/c1-26(2)17-6-4-16(5-7-17)25-21-23-11-15(12-24-21)20(27)22-10-14-3-8-18-19(9-14)29-13-28-18/h3-9,11-12H,10,13H2,1-2H3,(H,22,27)(H,23,24,25). The molecule has 29 heavy (non-hydrogen) atoms. The number of amides is 1. The number of anilines is 3. The first kappa shape index (κ1) is 18.5. The molecule has 1 aliphatic rings.